The van der Waals surface area contributed by atoms with Gasteiger partial charge in [-0.25, -0.2) is 0 Å². The van der Waals surface area contributed by atoms with E-state index in [1.54, 1.807) is 12.1 Å². The standard InChI is InChI=1S/C16H25BN2O4/c1-11-5-6-12(18)7-14(11)22-9-13(19-17-10-20)8-15(21)23-16(2,3)4/h5-7,10,13,17,19H,8-9,18H2,1-4H3/t13-/m1/s1. The Bertz CT molecular complexity index is 543. The van der Waals surface area contributed by atoms with Crippen molar-refractivity contribution in [2.45, 2.75) is 45.8 Å². The molecule has 0 radical (unpaired) electrons. The van der Waals surface area contributed by atoms with Gasteiger partial charge in [0.05, 0.1) is 12.6 Å². The van der Waals surface area contributed by atoms with Gasteiger partial charge in [0.25, 0.3) is 7.41 Å². The molecule has 7 heteroatoms. The second-order valence-corrected chi connectivity index (χ2v) is 6.40. The third-order valence-electron chi connectivity index (χ3n) is 2.98. The Balaban J connectivity index is 2.65. The van der Waals surface area contributed by atoms with E-state index >= 15 is 0 Å². The van der Waals surface area contributed by atoms with Gasteiger partial charge in [-0.05, 0) is 39.3 Å². The number of hydrogen-bond acceptors (Lipinski definition) is 6. The fraction of sp³-hybridized carbons (Fsp3) is 0.500. The van der Waals surface area contributed by atoms with Crippen molar-refractivity contribution < 1.29 is 19.1 Å². The van der Waals surface area contributed by atoms with E-state index < -0.39 is 5.60 Å². The van der Waals surface area contributed by atoms with Crippen LogP contribution in [0.1, 0.15) is 32.8 Å². The van der Waals surface area contributed by atoms with Gasteiger partial charge in [0, 0.05) is 17.8 Å². The van der Waals surface area contributed by atoms with Crippen LogP contribution in [0.2, 0.25) is 0 Å². The number of aryl methyl sites for hydroxylation is 1. The number of nitrogens with two attached hydrogens (primary N) is 1. The highest BCUT2D eigenvalue weighted by Gasteiger charge is 2.21. The van der Waals surface area contributed by atoms with Crippen LogP contribution in [0.5, 0.6) is 5.75 Å². The molecule has 0 heterocycles. The van der Waals surface area contributed by atoms with Crippen LogP contribution >= 0.6 is 0 Å². The third-order valence-corrected chi connectivity index (χ3v) is 2.98. The summed E-state index contributed by atoms with van der Waals surface area (Å²) in [5.41, 5.74) is 6.76. The summed E-state index contributed by atoms with van der Waals surface area (Å²) in [6.45, 7) is 7.58. The van der Waals surface area contributed by atoms with E-state index in [0.29, 0.717) is 11.4 Å². The van der Waals surface area contributed by atoms with Gasteiger partial charge in [0.1, 0.15) is 18.0 Å². The molecule has 0 aliphatic carbocycles. The Kier molecular flexibility index (Phi) is 7.09. The molecule has 1 aromatic carbocycles. The van der Waals surface area contributed by atoms with Gasteiger partial charge in [-0.3, -0.25) is 4.79 Å². The maximum absolute atomic E-state index is 11.9. The summed E-state index contributed by atoms with van der Waals surface area (Å²) in [4.78, 5) is 22.5. The molecule has 23 heavy (non-hydrogen) atoms. The molecule has 0 bridgehead atoms. The second kappa shape index (κ2) is 8.57. The summed E-state index contributed by atoms with van der Waals surface area (Å²) in [5.74, 6) is 0.320. The van der Waals surface area contributed by atoms with Crippen molar-refractivity contribution >= 4 is 25.3 Å². The largest absolute Gasteiger partial charge is 0.492 e. The molecule has 126 valence electrons. The van der Waals surface area contributed by atoms with E-state index in [2.05, 4.69) is 5.23 Å². The van der Waals surface area contributed by atoms with Gasteiger partial charge in [-0.2, -0.15) is 0 Å². The predicted molar refractivity (Wildman–Crippen MR) is 92.4 cm³/mol. The van der Waals surface area contributed by atoms with Crippen molar-refractivity contribution in [2.75, 3.05) is 12.3 Å². The SMILES string of the molecule is Cc1ccc(N)cc1OC[C@@H](CC(=O)OC(C)(C)C)NBC=O. The Morgan fingerprint density at radius 3 is 2.74 bits per heavy atom. The average molecular weight is 320 g/mol. The Morgan fingerprint density at radius 2 is 2.13 bits per heavy atom. The zero-order chi connectivity index (χ0) is 17.5. The zero-order valence-electron chi connectivity index (χ0n) is 14.2. The lowest BCUT2D eigenvalue weighted by molar-refractivity contribution is -0.155. The number of carbonyl (C=O) groups excluding carboxylic acids is 2. The molecule has 1 rings (SSSR count). The predicted octanol–water partition coefficient (Wildman–Crippen LogP) is 1.19. The number of benzene rings is 1. The van der Waals surface area contributed by atoms with Gasteiger partial charge in [0.2, 0.25) is 0 Å². The van der Waals surface area contributed by atoms with E-state index in [1.165, 1.54) is 0 Å². The molecule has 0 saturated heterocycles. The summed E-state index contributed by atoms with van der Waals surface area (Å²) in [5, 5.41) is 2.97. The maximum Gasteiger partial charge on any atom is 0.307 e. The molecule has 0 saturated carbocycles. The molecule has 1 atom stereocenters. The molecule has 0 fully saturated rings. The van der Waals surface area contributed by atoms with Crippen molar-refractivity contribution in [3.8, 4) is 5.75 Å². The molecule has 0 aromatic heterocycles. The first-order chi connectivity index (χ1) is 10.7. The van der Waals surface area contributed by atoms with Crippen LogP contribution in [0.25, 0.3) is 0 Å². The van der Waals surface area contributed by atoms with Crippen molar-refractivity contribution in [1.82, 2.24) is 5.23 Å². The number of carbonyl (C=O) groups is 2. The Labute approximate surface area is 138 Å². The fourth-order valence-electron chi connectivity index (χ4n) is 1.95. The highest BCUT2D eigenvalue weighted by Crippen LogP contribution is 2.21. The smallest absolute Gasteiger partial charge is 0.307 e. The molecule has 1 aromatic rings. The molecular weight excluding hydrogens is 295 g/mol. The molecule has 0 amide bonds. The lowest BCUT2D eigenvalue weighted by atomic mass is 9.96. The van der Waals surface area contributed by atoms with Crippen LogP contribution in [0.15, 0.2) is 18.2 Å². The van der Waals surface area contributed by atoms with Crippen LogP contribution in [-0.4, -0.2) is 37.8 Å². The number of rotatable bonds is 8. The van der Waals surface area contributed by atoms with Gasteiger partial charge >= 0.3 is 5.97 Å². The van der Waals surface area contributed by atoms with E-state index in [0.717, 1.165) is 11.7 Å². The molecule has 0 spiro atoms. The minimum Gasteiger partial charge on any atom is -0.492 e. The highest BCUT2D eigenvalue weighted by atomic mass is 16.6. The van der Waals surface area contributed by atoms with Crippen molar-refractivity contribution in [3.63, 3.8) is 0 Å². The minimum atomic E-state index is -0.544. The van der Waals surface area contributed by atoms with Crippen molar-refractivity contribution in [3.05, 3.63) is 23.8 Å². The van der Waals surface area contributed by atoms with Crippen LogP contribution in [0.4, 0.5) is 5.69 Å². The number of ether oxygens (including phenoxy) is 2. The van der Waals surface area contributed by atoms with E-state index in [-0.39, 0.29) is 32.5 Å². The Morgan fingerprint density at radius 1 is 1.43 bits per heavy atom. The first-order valence-corrected chi connectivity index (χ1v) is 7.59. The number of nitrogens with one attached hydrogen (secondary N) is 1. The number of hydrogen-bond donors (Lipinski definition) is 2. The number of esters is 1. The van der Waals surface area contributed by atoms with Crippen molar-refractivity contribution in [1.29, 1.82) is 0 Å². The lowest BCUT2D eigenvalue weighted by Crippen LogP contribution is -2.41. The molecule has 6 nitrogen and oxygen atoms in total. The molecule has 0 unspecified atom stereocenters. The highest BCUT2D eigenvalue weighted by molar-refractivity contribution is 6.64. The van der Waals surface area contributed by atoms with E-state index in [1.807, 2.05) is 33.8 Å². The average Bonchev–Trinajstić information content (AvgIpc) is 2.43. The van der Waals surface area contributed by atoms with Crippen LogP contribution in [-0.2, 0) is 14.3 Å². The Hall–Kier alpha value is -2.02. The zero-order valence-corrected chi connectivity index (χ0v) is 14.2. The summed E-state index contributed by atoms with van der Waals surface area (Å²) in [6, 6.07) is 5.08. The normalized spacial score (nSPS) is 12.3. The molecule has 0 aliphatic heterocycles. The van der Waals surface area contributed by atoms with Crippen LogP contribution in [0, 0.1) is 6.92 Å². The quantitative estimate of drug-likeness (QED) is 0.324. The van der Waals surface area contributed by atoms with Crippen molar-refractivity contribution in [2.24, 2.45) is 0 Å². The number of nitrogen functional groups attached to an aromatic ring is 1. The number of anilines is 1. The fourth-order valence-corrected chi connectivity index (χ4v) is 1.95. The van der Waals surface area contributed by atoms with Crippen LogP contribution in [0.3, 0.4) is 0 Å². The third kappa shape index (κ3) is 7.69. The summed E-state index contributed by atoms with van der Waals surface area (Å²) in [6.07, 6.45) is 0.861. The maximum atomic E-state index is 11.9. The summed E-state index contributed by atoms with van der Waals surface area (Å²) >= 11 is 0. The second-order valence-electron chi connectivity index (χ2n) is 6.40. The van der Waals surface area contributed by atoms with Gasteiger partial charge in [-0.15, -0.1) is 0 Å². The summed E-state index contributed by atoms with van der Waals surface area (Å²) in [7, 11) is 0.146. The first kappa shape index (κ1) is 19.0. The molecule has 0 aliphatic rings. The van der Waals surface area contributed by atoms with Crippen LogP contribution < -0.4 is 15.7 Å². The summed E-state index contributed by atoms with van der Waals surface area (Å²) < 4.78 is 11.0. The topological polar surface area (TPSA) is 90.7 Å². The van der Waals surface area contributed by atoms with Gasteiger partial charge < -0.3 is 25.2 Å². The van der Waals surface area contributed by atoms with E-state index in [4.69, 9.17) is 15.2 Å². The molecule has 3 N–H and O–H groups in total. The minimum absolute atomic E-state index is 0.118. The first-order valence-electron chi connectivity index (χ1n) is 7.59. The van der Waals surface area contributed by atoms with Gasteiger partial charge in [0.15, 0.2) is 0 Å². The monoisotopic (exact) mass is 320 g/mol. The lowest BCUT2D eigenvalue weighted by Gasteiger charge is -2.23. The van der Waals surface area contributed by atoms with Gasteiger partial charge in [-0.1, -0.05) is 6.07 Å². The molecular formula is C16H25BN2O4. The van der Waals surface area contributed by atoms with E-state index in [9.17, 15) is 9.59 Å².